The maximum Gasteiger partial charge on any atom is 0.404 e. The van der Waals surface area contributed by atoms with Gasteiger partial charge in [0.25, 0.3) is 0 Å². The number of carbonyl (C=O) groups is 1. The number of hydrogen-bond donors (Lipinski definition) is 3. The number of amides is 1. The molecule has 1 rings (SSSR count). The van der Waals surface area contributed by atoms with Crippen molar-refractivity contribution in [1.29, 1.82) is 0 Å². The van der Waals surface area contributed by atoms with E-state index >= 15 is 0 Å². The summed E-state index contributed by atoms with van der Waals surface area (Å²) in [5, 5.41) is 20.6. The maximum absolute atomic E-state index is 10.4. The molecule has 88 valence electrons. The van der Waals surface area contributed by atoms with Gasteiger partial charge in [0.1, 0.15) is 5.75 Å². The van der Waals surface area contributed by atoms with Crippen LogP contribution in [0, 0.1) is 0 Å². The standard InChI is InChI=1S/C11H15NO4/c1-7(12-11(14)15)10(13)8-4-3-5-9(6-8)16-2/h3-7,10,12-13H,1-2H3,(H,14,15)/t7-,10-/m0/s1. The molecular formula is C11H15NO4. The molecule has 0 saturated carbocycles. The average Bonchev–Trinajstić information content (AvgIpc) is 2.27. The fraction of sp³-hybridized carbons (Fsp3) is 0.364. The molecule has 1 aromatic carbocycles. The second-order valence-corrected chi connectivity index (χ2v) is 3.46. The third kappa shape index (κ3) is 3.13. The van der Waals surface area contributed by atoms with Gasteiger partial charge in [0, 0.05) is 0 Å². The molecule has 0 unspecified atom stereocenters. The van der Waals surface area contributed by atoms with Gasteiger partial charge in [-0.25, -0.2) is 4.79 Å². The van der Waals surface area contributed by atoms with Crippen molar-refractivity contribution in [1.82, 2.24) is 5.32 Å². The first-order valence-electron chi connectivity index (χ1n) is 4.86. The van der Waals surface area contributed by atoms with Gasteiger partial charge in [0.2, 0.25) is 0 Å². The Labute approximate surface area is 93.7 Å². The van der Waals surface area contributed by atoms with Crippen molar-refractivity contribution in [2.75, 3.05) is 7.11 Å². The molecule has 0 radical (unpaired) electrons. The predicted molar refractivity (Wildman–Crippen MR) is 58.6 cm³/mol. The predicted octanol–water partition coefficient (Wildman–Crippen LogP) is 1.38. The van der Waals surface area contributed by atoms with Gasteiger partial charge in [-0.05, 0) is 24.6 Å². The van der Waals surface area contributed by atoms with Gasteiger partial charge in [-0.15, -0.1) is 0 Å². The number of nitrogens with one attached hydrogen (secondary N) is 1. The van der Waals surface area contributed by atoms with Crippen molar-refractivity contribution in [3.05, 3.63) is 29.8 Å². The van der Waals surface area contributed by atoms with Gasteiger partial charge in [-0.2, -0.15) is 0 Å². The SMILES string of the molecule is COc1cccc([C@@H](O)[C@H](C)NC(=O)O)c1. The highest BCUT2D eigenvalue weighted by Crippen LogP contribution is 2.21. The van der Waals surface area contributed by atoms with Crippen LogP contribution in [0.25, 0.3) is 0 Å². The van der Waals surface area contributed by atoms with E-state index in [2.05, 4.69) is 5.32 Å². The fourth-order valence-corrected chi connectivity index (χ4v) is 1.39. The largest absolute Gasteiger partial charge is 0.497 e. The molecule has 0 bridgehead atoms. The van der Waals surface area contributed by atoms with Crippen LogP contribution >= 0.6 is 0 Å². The summed E-state index contributed by atoms with van der Waals surface area (Å²) in [7, 11) is 1.53. The Morgan fingerprint density at radius 3 is 2.75 bits per heavy atom. The number of carboxylic acid groups (broad SMARTS) is 1. The van der Waals surface area contributed by atoms with Crippen LogP contribution in [-0.2, 0) is 0 Å². The number of rotatable bonds is 4. The molecule has 0 spiro atoms. The minimum absolute atomic E-state index is 0.579. The van der Waals surface area contributed by atoms with Gasteiger partial charge in [0.15, 0.2) is 0 Å². The summed E-state index contributed by atoms with van der Waals surface area (Å²) in [6.45, 7) is 1.60. The van der Waals surface area contributed by atoms with E-state index in [1.54, 1.807) is 31.2 Å². The molecule has 5 heteroatoms. The Morgan fingerprint density at radius 1 is 1.50 bits per heavy atom. The quantitative estimate of drug-likeness (QED) is 0.723. The van der Waals surface area contributed by atoms with Gasteiger partial charge < -0.3 is 20.3 Å². The topological polar surface area (TPSA) is 78.8 Å². The van der Waals surface area contributed by atoms with Crippen LogP contribution < -0.4 is 10.1 Å². The fourth-order valence-electron chi connectivity index (χ4n) is 1.39. The van der Waals surface area contributed by atoms with E-state index in [1.807, 2.05) is 0 Å². The second-order valence-electron chi connectivity index (χ2n) is 3.46. The van der Waals surface area contributed by atoms with Crippen LogP contribution in [0.3, 0.4) is 0 Å². The van der Waals surface area contributed by atoms with Gasteiger partial charge in [-0.3, -0.25) is 0 Å². The summed E-state index contributed by atoms with van der Waals surface area (Å²) in [5.74, 6) is 0.624. The Hall–Kier alpha value is -1.75. The zero-order valence-corrected chi connectivity index (χ0v) is 9.18. The van der Waals surface area contributed by atoms with Gasteiger partial charge >= 0.3 is 6.09 Å². The summed E-state index contributed by atoms with van der Waals surface area (Å²) in [6, 6.07) is 6.30. The Bertz CT molecular complexity index is 367. The lowest BCUT2D eigenvalue weighted by Crippen LogP contribution is -2.35. The normalized spacial score (nSPS) is 13.9. The average molecular weight is 225 g/mol. The molecule has 1 amide bonds. The lowest BCUT2D eigenvalue weighted by atomic mass is 10.0. The van der Waals surface area contributed by atoms with Crippen LogP contribution in [0.2, 0.25) is 0 Å². The van der Waals surface area contributed by atoms with Crippen molar-refractivity contribution in [3.8, 4) is 5.75 Å². The van der Waals surface area contributed by atoms with E-state index in [0.717, 1.165) is 0 Å². The van der Waals surface area contributed by atoms with Crippen LogP contribution in [-0.4, -0.2) is 29.5 Å². The first kappa shape index (κ1) is 12.3. The summed E-state index contributed by atoms with van der Waals surface area (Å²) >= 11 is 0. The van der Waals surface area contributed by atoms with Gasteiger partial charge in [-0.1, -0.05) is 12.1 Å². The first-order valence-corrected chi connectivity index (χ1v) is 4.86. The zero-order chi connectivity index (χ0) is 12.1. The number of benzene rings is 1. The second kappa shape index (κ2) is 5.37. The van der Waals surface area contributed by atoms with Gasteiger partial charge in [0.05, 0.1) is 19.3 Å². The van der Waals surface area contributed by atoms with Crippen molar-refractivity contribution in [2.24, 2.45) is 0 Å². The summed E-state index contributed by atoms with van der Waals surface area (Å²) in [5.41, 5.74) is 0.612. The minimum Gasteiger partial charge on any atom is -0.497 e. The monoisotopic (exact) mass is 225 g/mol. The molecule has 5 nitrogen and oxygen atoms in total. The molecule has 0 aliphatic carbocycles. The van der Waals surface area contributed by atoms with E-state index in [0.29, 0.717) is 11.3 Å². The Kier molecular flexibility index (Phi) is 4.13. The van der Waals surface area contributed by atoms with Crippen LogP contribution in [0.15, 0.2) is 24.3 Å². The molecule has 0 aliphatic heterocycles. The van der Waals surface area contributed by atoms with Crippen molar-refractivity contribution in [3.63, 3.8) is 0 Å². The van der Waals surface area contributed by atoms with E-state index in [4.69, 9.17) is 9.84 Å². The molecule has 0 aromatic heterocycles. The molecule has 16 heavy (non-hydrogen) atoms. The number of aliphatic hydroxyl groups is 1. The van der Waals surface area contributed by atoms with Crippen LogP contribution in [0.1, 0.15) is 18.6 Å². The first-order chi connectivity index (χ1) is 7.54. The molecular weight excluding hydrogens is 210 g/mol. The minimum atomic E-state index is -1.16. The van der Waals surface area contributed by atoms with Crippen molar-refractivity contribution >= 4 is 6.09 Å². The highest BCUT2D eigenvalue weighted by atomic mass is 16.5. The number of hydrogen-bond acceptors (Lipinski definition) is 3. The molecule has 3 N–H and O–H groups in total. The van der Waals surface area contributed by atoms with Crippen molar-refractivity contribution in [2.45, 2.75) is 19.1 Å². The van der Waals surface area contributed by atoms with E-state index in [1.165, 1.54) is 7.11 Å². The summed E-state index contributed by atoms with van der Waals surface area (Å²) in [6.07, 6.45) is -2.05. The van der Waals surface area contributed by atoms with E-state index < -0.39 is 18.2 Å². The maximum atomic E-state index is 10.4. The number of aliphatic hydroxyl groups excluding tert-OH is 1. The molecule has 0 saturated heterocycles. The summed E-state index contributed by atoms with van der Waals surface area (Å²) in [4.78, 5) is 10.4. The molecule has 0 aliphatic rings. The zero-order valence-electron chi connectivity index (χ0n) is 9.18. The lowest BCUT2D eigenvalue weighted by Gasteiger charge is -2.19. The summed E-state index contributed by atoms with van der Waals surface area (Å²) < 4.78 is 5.02. The number of methoxy groups -OCH3 is 1. The Morgan fingerprint density at radius 2 is 2.19 bits per heavy atom. The van der Waals surface area contributed by atoms with Crippen molar-refractivity contribution < 1.29 is 19.7 Å². The van der Waals surface area contributed by atoms with Crippen LogP contribution in [0.4, 0.5) is 4.79 Å². The highest BCUT2D eigenvalue weighted by Gasteiger charge is 2.18. The van der Waals surface area contributed by atoms with Crippen LogP contribution in [0.5, 0.6) is 5.75 Å². The third-order valence-corrected chi connectivity index (χ3v) is 2.26. The molecule has 2 atom stereocenters. The molecule has 0 fully saturated rings. The molecule has 0 heterocycles. The smallest absolute Gasteiger partial charge is 0.404 e. The number of ether oxygens (including phenoxy) is 1. The third-order valence-electron chi connectivity index (χ3n) is 2.26. The van der Waals surface area contributed by atoms with E-state index in [9.17, 15) is 9.90 Å². The highest BCUT2D eigenvalue weighted by molar-refractivity contribution is 5.64. The van der Waals surface area contributed by atoms with E-state index in [-0.39, 0.29) is 0 Å². The molecule has 1 aromatic rings. The lowest BCUT2D eigenvalue weighted by molar-refractivity contribution is 0.127. The Balaban J connectivity index is 2.78.